The number of hydrogen-bond donors (Lipinski definition) is 2. The van der Waals surface area contributed by atoms with Crippen LogP contribution in [0, 0.1) is 17.6 Å². The molecule has 1 saturated carbocycles. The van der Waals surface area contributed by atoms with Crippen LogP contribution in [0.5, 0.6) is 0 Å². The molecule has 1 fully saturated rings. The van der Waals surface area contributed by atoms with Gasteiger partial charge in [0.1, 0.15) is 23.9 Å². The minimum Gasteiger partial charge on any atom is -0.346 e. The molecule has 21 heteroatoms. The quantitative estimate of drug-likeness (QED) is 0.126. The van der Waals surface area contributed by atoms with E-state index in [0.717, 1.165) is 18.4 Å². The summed E-state index contributed by atoms with van der Waals surface area (Å²) in [5.74, 6) is -9.10. The highest BCUT2D eigenvalue weighted by atomic mass is 35.5. The van der Waals surface area contributed by atoms with Crippen LogP contribution >= 0.6 is 11.6 Å². The maximum absolute atomic E-state index is 15.5. The number of carbonyl (C=O) groups is 1. The molecule has 1 unspecified atom stereocenters. The molecule has 2 N–H and O–H groups in total. The molecule has 4 aromatic heterocycles. The molecule has 0 aliphatic heterocycles. The molecule has 2 aliphatic rings. The molecule has 6 aromatic rings. The Morgan fingerprint density at radius 1 is 1.05 bits per heavy atom. The van der Waals surface area contributed by atoms with Gasteiger partial charge in [0.15, 0.2) is 11.5 Å². The van der Waals surface area contributed by atoms with Crippen molar-refractivity contribution in [2.75, 3.05) is 11.0 Å². The van der Waals surface area contributed by atoms with Crippen molar-refractivity contribution in [3.05, 3.63) is 99.7 Å². The second kappa shape index (κ2) is 14.1. The Morgan fingerprint density at radius 2 is 1.75 bits per heavy atom. The van der Waals surface area contributed by atoms with Gasteiger partial charge < -0.3 is 5.32 Å². The first-order valence-electron chi connectivity index (χ1n) is 18.1. The van der Waals surface area contributed by atoms with Crippen LogP contribution < -0.4 is 10.0 Å². The van der Waals surface area contributed by atoms with Crippen molar-refractivity contribution in [2.24, 2.45) is 13.0 Å². The number of nitrogens with zero attached hydrogens (tertiary/aromatic N) is 7. The van der Waals surface area contributed by atoms with Crippen molar-refractivity contribution in [3.8, 4) is 22.4 Å². The van der Waals surface area contributed by atoms with Crippen molar-refractivity contribution in [1.82, 2.24) is 39.6 Å². The number of rotatable bonds is 11. The average Bonchev–Trinajstić information content (AvgIpc) is 3.36. The highest BCUT2D eigenvalue weighted by molar-refractivity contribution is 7.92. The highest BCUT2D eigenvalue weighted by Crippen LogP contribution is 2.68. The molecule has 2 aliphatic carbocycles. The molecule has 0 saturated heterocycles. The Morgan fingerprint density at radius 3 is 2.39 bits per heavy atom. The largest absolute Gasteiger partial charge is 0.435 e. The van der Waals surface area contributed by atoms with Crippen molar-refractivity contribution < 1.29 is 43.9 Å². The molecule has 4 heterocycles. The van der Waals surface area contributed by atoms with Gasteiger partial charge in [-0.2, -0.15) is 37.2 Å². The number of alkyl halides is 5. The molecule has 1 amide bonds. The maximum atomic E-state index is 15.5. The van der Waals surface area contributed by atoms with Crippen LogP contribution in [-0.2, 0) is 46.9 Å². The number of fused-ring (bicyclic) bond motifs is 4. The summed E-state index contributed by atoms with van der Waals surface area (Å²) in [6, 6.07) is 7.65. The van der Waals surface area contributed by atoms with Gasteiger partial charge in [-0.15, -0.1) is 0 Å². The van der Waals surface area contributed by atoms with Gasteiger partial charge >= 0.3 is 6.18 Å². The number of aromatic nitrogens is 7. The van der Waals surface area contributed by atoms with Gasteiger partial charge in [-0.3, -0.25) is 23.6 Å². The molecule has 2 aromatic carbocycles. The molecule has 12 nitrogen and oxygen atoms in total. The van der Waals surface area contributed by atoms with Crippen LogP contribution in [-0.4, -0.2) is 54.9 Å². The molecule has 3 atom stereocenters. The van der Waals surface area contributed by atoms with E-state index < -0.39 is 81.0 Å². The van der Waals surface area contributed by atoms with E-state index in [1.807, 2.05) is 13.8 Å². The number of amides is 1. The van der Waals surface area contributed by atoms with Crippen LogP contribution in [0.2, 0.25) is 5.02 Å². The third-order valence-corrected chi connectivity index (χ3v) is 11.3. The summed E-state index contributed by atoms with van der Waals surface area (Å²) in [5.41, 5.74) is -1.19. The molecule has 59 heavy (non-hydrogen) atoms. The number of benzene rings is 2. The van der Waals surface area contributed by atoms with E-state index in [1.54, 1.807) is 35.3 Å². The monoisotopic (exact) mass is 863 g/mol. The van der Waals surface area contributed by atoms with Crippen LogP contribution in [0.3, 0.4) is 0 Å². The number of aryl methyl sites for hydroxylation is 1. The lowest BCUT2D eigenvalue weighted by Crippen LogP contribution is -2.35. The second-order valence-electron chi connectivity index (χ2n) is 15.0. The van der Waals surface area contributed by atoms with Crippen molar-refractivity contribution in [3.63, 3.8) is 0 Å². The van der Waals surface area contributed by atoms with Crippen molar-refractivity contribution >= 4 is 44.3 Å². The number of halogens is 8. The molecule has 0 spiro atoms. The van der Waals surface area contributed by atoms with Crippen LogP contribution in [0.4, 0.5) is 36.6 Å². The van der Waals surface area contributed by atoms with E-state index in [4.69, 9.17) is 16.6 Å². The average molecular weight is 864 g/mol. The molecular formula is C38H33ClF7N9O3S. The summed E-state index contributed by atoms with van der Waals surface area (Å²) in [7, 11) is -2.31. The summed E-state index contributed by atoms with van der Waals surface area (Å²) >= 11 is 6.61. The van der Waals surface area contributed by atoms with Gasteiger partial charge in [0, 0.05) is 53.5 Å². The molecule has 0 radical (unpaired) electrons. The van der Waals surface area contributed by atoms with Gasteiger partial charge in [-0.25, -0.2) is 22.2 Å². The normalized spacial score (nSPS) is 17.6. The Balaban J connectivity index is 1.29. The van der Waals surface area contributed by atoms with E-state index in [1.165, 1.54) is 17.8 Å². The summed E-state index contributed by atoms with van der Waals surface area (Å²) in [5, 5.41) is 15.2. The number of anilines is 1. The topological polar surface area (TPSA) is 142 Å². The van der Waals surface area contributed by atoms with E-state index in [2.05, 4.69) is 25.3 Å². The first-order valence-corrected chi connectivity index (χ1v) is 20.4. The van der Waals surface area contributed by atoms with Gasteiger partial charge in [0.25, 0.3) is 5.92 Å². The maximum Gasteiger partial charge on any atom is 0.435 e. The number of pyridine rings is 1. The summed E-state index contributed by atoms with van der Waals surface area (Å²) in [4.78, 5) is 19.0. The van der Waals surface area contributed by atoms with Crippen LogP contribution in [0.25, 0.3) is 33.3 Å². The predicted octanol–water partition coefficient (Wildman–Crippen LogP) is 7.91. The molecule has 0 bridgehead atoms. The van der Waals surface area contributed by atoms with Crippen LogP contribution in [0.15, 0.2) is 54.9 Å². The summed E-state index contributed by atoms with van der Waals surface area (Å²) in [6.07, 6.45) is -1.37. The Bertz CT molecular complexity index is 2780. The standard InChI is InChI=1S/C38H33ClF7N9O3S/c1-17(2)54-15-19(14-47-54)27-8-6-22(23-5-7-26(39)31-33(23)53(3)51-36(31)52-59(4,57)58)32(49-27)28(11-18-9-20(40)12-21(41)10-18)48-29(56)16-55-35-30(34(50-55)38(44,45)46)24-13-25(24)37(35,42)43/h5-10,12,14-15,17,24-25,28H,11,13,16H2,1-4H3,(H,48,56)(H,51,52)/t24-,25?,28-/m0/s1. The van der Waals surface area contributed by atoms with Gasteiger partial charge in [0.05, 0.1) is 45.8 Å². The number of sulfonamides is 1. The number of nitrogens with one attached hydrogen (secondary N) is 2. The minimum absolute atomic E-state index is 0.0333. The summed E-state index contributed by atoms with van der Waals surface area (Å²) in [6.45, 7) is 2.74. The van der Waals surface area contributed by atoms with Crippen LogP contribution in [0.1, 0.15) is 66.5 Å². The smallest absolute Gasteiger partial charge is 0.346 e. The second-order valence-corrected chi connectivity index (χ2v) is 17.2. The highest BCUT2D eigenvalue weighted by Gasteiger charge is 2.68. The van der Waals surface area contributed by atoms with E-state index in [0.29, 0.717) is 33.1 Å². The fraction of sp³-hybridized carbons (Fsp3) is 0.342. The first-order chi connectivity index (χ1) is 27.6. The van der Waals surface area contributed by atoms with Crippen molar-refractivity contribution in [2.45, 2.75) is 63.3 Å². The lowest BCUT2D eigenvalue weighted by Gasteiger charge is -2.23. The number of carbonyl (C=O) groups excluding carboxylic acids is 1. The third kappa shape index (κ3) is 7.40. The fourth-order valence-electron chi connectivity index (χ4n) is 7.87. The molecule has 310 valence electrons. The lowest BCUT2D eigenvalue weighted by atomic mass is 9.93. The van der Waals surface area contributed by atoms with Gasteiger partial charge in [-0.1, -0.05) is 23.7 Å². The predicted molar refractivity (Wildman–Crippen MR) is 202 cm³/mol. The zero-order valence-corrected chi connectivity index (χ0v) is 33.0. The SMILES string of the molecule is CC(C)n1cc(-c2ccc(-c3ccc(Cl)c4c(NS(C)(=O)=O)nn(C)c34)c([C@H](Cc3cc(F)cc(F)c3)NC(=O)Cn3nc(C(F)(F)F)c4c3C(F)(F)C3C[C@H]43)n2)cn1. The minimum atomic E-state index is -5.07. The number of hydrogen-bond acceptors (Lipinski definition) is 7. The first kappa shape index (κ1) is 40.3. The molecular weight excluding hydrogens is 831 g/mol. The molecule has 8 rings (SSSR count). The zero-order chi connectivity index (χ0) is 42.5. The van der Waals surface area contributed by atoms with Crippen molar-refractivity contribution in [1.29, 1.82) is 0 Å². The van der Waals surface area contributed by atoms with E-state index in [-0.39, 0.29) is 51.9 Å². The van der Waals surface area contributed by atoms with E-state index >= 15 is 8.78 Å². The van der Waals surface area contributed by atoms with Gasteiger partial charge in [0.2, 0.25) is 15.9 Å². The lowest BCUT2D eigenvalue weighted by molar-refractivity contribution is -0.142. The van der Waals surface area contributed by atoms with Gasteiger partial charge in [-0.05, 0) is 62.4 Å². The summed E-state index contributed by atoms with van der Waals surface area (Å²) < 4.78 is 133. The zero-order valence-electron chi connectivity index (χ0n) is 31.4. The Kier molecular flexibility index (Phi) is 9.60. The Labute approximate surface area is 336 Å². The fourth-order valence-corrected chi connectivity index (χ4v) is 8.61. The van der Waals surface area contributed by atoms with E-state index in [9.17, 15) is 35.2 Å². The third-order valence-electron chi connectivity index (χ3n) is 10.4. The Hall–Kier alpha value is -5.50.